The molecule has 0 aliphatic carbocycles. The highest BCUT2D eigenvalue weighted by molar-refractivity contribution is 5.68. The predicted molar refractivity (Wildman–Crippen MR) is 89.7 cm³/mol. The number of carbonyl (C=O) groups is 1. The number of ether oxygens (including phenoxy) is 1. The van der Waals surface area contributed by atoms with E-state index in [0.29, 0.717) is 13.1 Å². The van der Waals surface area contributed by atoms with Gasteiger partial charge in [-0.3, -0.25) is 4.90 Å². The molecule has 0 radical (unpaired) electrons. The second-order valence-corrected chi connectivity index (χ2v) is 7.19. The maximum absolute atomic E-state index is 13.1. The predicted octanol–water partition coefficient (Wildman–Crippen LogP) is 3.29. The molecule has 1 aromatic rings. The van der Waals surface area contributed by atoms with Gasteiger partial charge in [-0.25, -0.2) is 13.6 Å². The second-order valence-electron chi connectivity index (χ2n) is 7.19. The number of carbonyl (C=O) groups excluding carboxylic acids is 1. The Morgan fingerprint density at radius 2 is 1.88 bits per heavy atom. The molecular weight excluding hydrogens is 314 g/mol. The van der Waals surface area contributed by atoms with Crippen molar-refractivity contribution in [1.29, 1.82) is 0 Å². The van der Waals surface area contributed by atoms with Gasteiger partial charge in [0.1, 0.15) is 19.0 Å². The first-order chi connectivity index (χ1) is 11.3. The van der Waals surface area contributed by atoms with Crippen LogP contribution in [-0.2, 0) is 4.74 Å². The minimum Gasteiger partial charge on any atom is -0.444 e. The van der Waals surface area contributed by atoms with Gasteiger partial charge in [-0.1, -0.05) is 30.3 Å². The van der Waals surface area contributed by atoms with E-state index in [1.54, 1.807) is 25.7 Å². The summed E-state index contributed by atoms with van der Waals surface area (Å²) in [5.41, 5.74) is 0.447. The Kier molecular flexibility index (Phi) is 6.15. The van der Waals surface area contributed by atoms with Gasteiger partial charge in [-0.05, 0) is 26.3 Å². The van der Waals surface area contributed by atoms with E-state index in [0.717, 1.165) is 5.56 Å². The third-order valence-electron chi connectivity index (χ3n) is 4.15. The van der Waals surface area contributed by atoms with Crippen molar-refractivity contribution in [1.82, 2.24) is 10.2 Å². The third kappa shape index (κ3) is 4.90. The van der Waals surface area contributed by atoms with Crippen LogP contribution in [0.2, 0.25) is 0 Å². The highest BCUT2D eigenvalue weighted by Crippen LogP contribution is 2.29. The summed E-state index contributed by atoms with van der Waals surface area (Å²) in [5.74, 6) is -0.0284. The van der Waals surface area contributed by atoms with E-state index in [1.165, 1.54) is 0 Å². The Hall–Kier alpha value is -1.69. The van der Waals surface area contributed by atoms with Crippen LogP contribution in [0.15, 0.2) is 30.3 Å². The molecule has 1 amide bonds. The van der Waals surface area contributed by atoms with Crippen LogP contribution >= 0.6 is 0 Å². The average molecular weight is 340 g/mol. The molecule has 134 valence electrons. The van der Waals surface area contributed by atoms with Gasteiger partial charge in [0.25, 0.3) is 0 Å². The fourth-order valence-corrected chi connectivity index (χ4v) is 3.01. The molecule has 1 aromatic carbocycles. The van der Waals surface area contributed by atoms with Crippen molar-refractivity contribution in [2.75, 3.05) is 26.4 Å². The molecule has 1 aliphatic heterocycles. The summed E-state index contributed by atoms with van der Waals surface area (Å²) in [7, 11) is 0. The molecule has 1 N–H and O–H groups in total. The first kappa shape index (κ1) is 18.6. The van der Waals surface area contributed by atoms with Crippen LogP contribution in [0.5, 0.6) is 0 Å². The molecular formula is C18H26F2N2O2. The summed E-state index contributed by atoms with van der Waals surface area (Å²) in [5, 5.41) is 2.87. The van der Waals surface area contributed by atoms with Crippen LogP contribution in [0.4, 0.5) is 13.6 Å². The largest absolute Gasteiger partial charge is 0.444 e. The van der Waals surface area contributed by atoms with Crippen molar-refractivity contribution in [2.45, 2.75) is 44.4 Å². The monoisotopic (exact) mass is 340 g/mol. The standard InChI is InChI=1S/C18H26F2N2O2/c1-18(2,3)24-17(23)21-16-12-22(14(9-19)10-20)11-15(16)13-7-5-4-6-8-13/h4-8,14-16H,9-12H2,1-3H3,(H,21,23)/t15-,16+/m1/s1. The van der Waals surface area contributed by atoms with Gasteiger partial charge in [0, 0.05) is 19.0 Å². The van der Waals surface area contributed by atoms with Gasteiger partial charge < -0.3 is 10.1 Å². The number of amides is 1. The van der Waals surface area contributed by atoms with E-state index >= 15 is 0 Å². The Morgan fingerprint density at radius 3 is 2.42 bits per heavy atom. The molecule has 0 aromatic heterocycles. The first-order valence-electron chi connectivity index (χ1n) is 8.24. The number of likely N-dealkylation sites (tertiary alicyclic amines) is 1. The Balaban J connectivity index is 2.13. The summed E-state index contributed by atoms with van der Waals surface area (Å²) >= 11 is 0. The van der Waals surface area contributed by atoms with Crippen LogP contribution in [0.25, 0.3) is 0 Å². The molecule has 1 fully saturated rings. The van der Waals surface area contributed by atoms with Crippen LogP contribution in [0, 0.1) is 0 Å². The van der Waals surface area contributed by atoms with Crippen LogP contribution in [0.3, 0.4) is 0 Å². The van der Waals surface area contributed by atoms with E-state index in [2.05, 4.69) is 5.32 Å². The van der Waals surface area contributed by atoms with E-state index in [9.17, 15) is 13.6 Å². The van der Waals surface area contributed by atoms with E-state index in [1.807, 2.05) is 30.3 Å². The van der Waals surface area contributed by atoms with Crippen molar-refractivity contribution >= 4 is 6.09 Å². The molecule has 1 aliphatic rings. The fourth-order valence-electron chi connectivity index (χ4n) is 3.01. The third-order valence-corrected chi connectivity index (χ3v) is 4.15. The highest BCUT2D eigenvalue weighted by Gasteiger charge is 2.38. The molecule has 0 unspecified atom stereocenters. The molecule has 6 heteroatoms. The Bertz CT molecular complexity index is 530. The zero-order valence-electron chi connectivity index (χ0n) is 14.5. The molecule has 0 saturated carbocycles. The lowest BCUT2D eigenvalue weighted by Crippen LogP contribution is -2.44. The van der Waals surface area contributed by atoms with Crippen LogP contribution in [0.1, 0.15) is 32.3 Å². The summed E-state index contributed by atoms with van der Waals surface area (Å²) < 4.78 is 31.4. The quantitative estimate of drug-likeness (QED) is 0.894. The number of alkyl carbamates (subject to hydrolysis) is 1. The molecule has 4 nitrogen and oxygen atoms in total. The lowest BCUT2D eigenvalue weighted by atomic mass is 9.94. The lowest BCUT2D eigenvalue weighted by molar-refractivity contribution is 0.0500. The summed E-state index contributed by atoms with van der Waals surface area (Å²) in [6.45, 7) is 4.81. The molecule has 1 saturated heterocycles. The molecule has 0 spiro atoms. The normalized spacial score (nSPS) is 21.9. The smallest absolute Gasteiger partial charge is 0.407 e. The second kappa shape index (κ2) is 7.92. The maximum atomic E-state index is 13.1. The number of halogens is 2. The molecule has 2 atom stereocenters. The summed E-state index contributed by atoms with van der Waals surface area (Å²) in [6, 6.07) is 8.69. The number of hydrogen-bond donors (Lipinski definition) is 1. The van der Waals surface area contributed by atoms with Crippen LogP contribution < -0.4 is 5.32 Å². The molecule has 24 heavy (non-hydrogen) atoms. The zero-order chi connectivity index (χ0) is 17.7. The van der Waals surface area contributed by atoms with E-state index in [4.69, 9.17) is 4.74 Å². The van der Waals surface area contributed by atoms with Gasteiger partial charge in [-0.2, -0.15) is 0 Å². The van der Waals surface area contributed by atoms with Gasteiger partial charge >= 0.3 is 6.09 Å². The molecule has 1 heterocycles. The number of nitrogens with zero attached hydrogens (tertiary/aromatic N) is 1. The summed E-state index contributed by atoms with van der Waals surface area (Å²) in [4.78, 5) is 13.9. The van der Waals surface area contributed by atoms with E-state index < -0.39 is 31.1 Å². The maximum Gasteiger partial charge on any atom is 0.407 e. The number of hydrogen-bond acceptors (Lipinski definition) is 3. The Labute approximate surface area is 142 Å². The average Bonchev–Trinajstić information content (AvgIpc) is 2.91. The van der Waals surface area contributed by atoms with Crippen molar-refractivity contribution in [3.63, 3.8) is 0 Å². The number of benzene rings is 1. The number of nitrogens with one attached hydrogen (secondary N) is 1. The van der Waals surface area contributed by atoms with Gasteiger partial charge in [-0.15, -0.1) is 0 Å². The SMILES string of the molecule is CC(C)(C)OC(=O)N[C@H]1CN(C(CF)CF)C[C@@H]1c1ccccc1. The first-order valence-corrected chi connectivity index (χ1v) is 8.24. The van der Waals surface area contributed by atoms with Gasteiger partial charge in [0.15, 0.2) is 0 Å². The minimum absolute atomic E-state index is 0.0284. The van der Waals surface area contributed by atoms with Gasteiger partial charge in [0.05, 0.1) is 12.1 Å². The lowest BCUT2D eigenvalue weighted by Gasteiger charge is -2.24. The minimum atomic E-state index is -0.762. The van der Waals surface area contributed by atoms with Crippen molar-refractivity contribution in [3.05, 3.63) is 35.9 Å². The van der Waals surface area contributed by atoms with Crippen molar-refractivity contribution in [2.24, 2.45) is 0 Å². The highest BCUT2D eigenvalue weighted by atomic mass is 19.1. The van der Waals surface area contributed by atoms with Crippen molar-refractivity contribution in [3.8, 4) is 0 Å². The van der Waals surface area contributed by atoms with Crippen LogP contribution in [-0.4, -0.2) is 55.1 Å². The molecule has 2 rings (SSSR count). The van der Waals surface area contributed by atoms with E-state index in [-0.39, 0.29) is 12.0 Å². The fraction of sp³-hybridized carbons (Fsp3) is 0.611. The molecule has 0 bridgehead atoms. The summed E-state index contributed by atoms with van der Waals surface area (Å²) in [6.07, 6.45) is -0.507. The van der Waals surface area contributed by atoms with Gasteiger partial charge in [0.2, 0.25) is 0 Å². The number of rotatable bonds is 5. The van der Waals surface area contributed by atoms with Crippen molar-refractivity contribution < 1.29 is 18.3 Å². The topological polar surface area (TPSA) is 41.6 Å². The zero-order valence-corrected chi connectivity index (χ0v) is 14.5. The number of alkyl halides is 2. The Morgan fingerprint density at radius 1 is 1.25 bits per heavy atom.